The van der Waals surface area contributed by atoms with Crippen LogP contribution in [-0.4, -0.2) is 48.5 Å². The Morgan fingerprint density at radius 1 is 1.07 bits per heavy atom. The van der Waals surface area contributed by atoms with Crippen molar-refractivity contribution in [1.82, 2.24) is 9.88 Å². The molecule has 2 aromatic rings. The molecule has 0 unspecified atom stereocenters. The Balaban J connectivity index is 1.54. The molecular weight excluding hydrogens is 348 g/mol. The van der Waals surface area contributed by atoms with Gasteiger partial charge in [0.2, 0.25) is 5.91 Å². The van der Waals surface area contributed by atoms with Gasteiger partial charge in [-0.25, -0.2) is 0 Å². The molecule has 0 spiro atoms. The SMILES string of the molecule is C/C=C/C=C/C(=O)Nc1ccccc1N1CCN(CCc2ccncc2)CC1. The second-order valence-corrected chi connectivity index (χ2v) is 6.83. The van der Waals surface area contributed by atoms with Crippen LogP contribution in [0, 0.1) is 0 Å². The van der Waals surface area contributed by atoms with Crippen LogP contribution in [0.1, 0.15) is 12.5 Å². The van der Waals surface area contributed by atoms with Crippen LogP contribution in [0.25, 0.3) is 0 Å². The van der Waals surface area contributed by atoms with E-state index in [9.17, 15) is 4.79 Å². The molecule has 0 radical (unpaired) electrons. The molecule has 0 saturated carbocycles. The molecule has 1 aromatic heterocycles. The van der Waals surface area contributed by atoms with Gasteiger partial charge in [0.1, 0.15) is 0 Å². The molecule has 1 aromatic carbocycles. The molecule has 1 saturated heterocycles. The van der Waals surface area contributed by atoms with Gasteiger partial charge in [-0.1, -0.05) is 30.4 Å². The van der Waals surface area contributed by atoms with Gasteiger partial charge in [-0.15, -0.1) is 0 Å². The topological polar surface area (TPSA) is 48.5 Å². The number of nitrogens with zero attached hydrogens (tertiary/aromatic N) is 3. The van der Waals surface area contributed by atoms with Crippen molar-refractivity contribution in [3.8, 4) is 0 Å². The molecule has 1 N–H and O–H groups in total. The van der Waals surface area contributed by atoms with E-state index in [1.54, 1.807) is 12.2 Å². The van der Waals surface area contributed by atoms with Crippen molar-refractivity contribution in [2.75, 3.05) is 42.9 Å². The van der Waals surface area contributed by atoms with E-state index in [1.807, 2.05) is 49.7 Å². The minimum atomic E-state index is -0.110. The van der Waals surface area contributed by atoms with Crippen LogP contribution in [0.2, 0.25) is 0 Å². The van der Waals surface area contributed by atoms with Gasteiger partial charge in [-0.3, -0.25) is 14.7 Å². The highest BCUT2D eigenvalue weighted by atomic mass is 16.1. The van der Waals surface area contributed by atoms with Crippen molar-refractivity contribution < 1.29 is 4.79 Å². The van der Waals surface area contributed by atoms with Crippen molar-refractivity contribution in [2.45, 2.75) is 13.3 Å². The van der Waals surface area contributed by atoms with Gasteiger partial charge in [-0.2, -0.15) is 0 Å². The Morgan fingerprint density at radius 3 is 2.57 bits per heavy atom. The number of aromatic nitrogens is 1. The van der Waals surface area contributed by atoms with Crippen molar-refractivity contribution in [2.24, 2.45) is 0 Å². The average molecular weight is 377 g/mol. The van der Waals surface area contributed by atoms with Crippen LogP contribution >= 0.6 is 0 Å². The zero-order chi connectivity index (χ0) is 19.6. The smallest absolute Gasteiger partial charge is 0.248 e. The summed E-state index contributed by atoms with van der Waals surface area (Å²) in [5, 5.41) is 3.00. The highest BCUT2D eigenvalue weighted by Gasteiger charge is 2.19. The summed E-state index contributed by atoms with van der Waals surface area (Å²) in [5.74, 6) is -0.110. The van der Waals surface area contributed by atoms with Crippen molar-refractivity contribution >= 4 is 17.3 Å². The van der Waals surface area contributed by atoms with Gasteiger partial charge >= 0.3 is 0 Å². The number of carbonyl (C=O) groups is 1. The Labute approximate surface area is 167 Å². The van der Waals surface area contributed by atoms with Crippen LogP contribution < -0.4 is 10.2 Å². The number of hydrogen-bond acceptors (Lipinski definition) is 4. The summed E-state index contributed by atoms with van der Waals surface area (Å²) < 4.78 is 0. The first-order valence-electron chi connectivity index (χ1n) is 9.82. The summed E-state index contributed by atoms with van der Waals surface area (Å²) in [6.07, 6.45) is 11.8. The van der Waals surface area contributed by atoms with Crippen LogP contribution in [0.5, 0.6) is 0 Å². The van der Waals surface area contributed by atoms with Crippen molar-refractivity contribution in [3.63, 3.8) is 0 Å². The van der Waals surface area contributed by atoms with Crippen LogP contribution in [0.4, 0.5) is 11.4 Å². The maximum Gasteiger partial charge on any atom is 0.248 e. The molecule has 0 aliphatic carbocycles. The molecule has 3 rings (SSSR count). The van der Waals surface area contributed by atoms with E-state index >= 15 is 0 Å². The van der Waals surface area contributed by atoms with E-state index in [0.717, 1.165) is 50.5 Å². The maximum absolute atomic E-state index is 12.1. The molecule has 1 aliphatic rings. The molecule has 2 heterocycles. The number of pyridine rings is 1. The lowest BCUT2D eigenvalue weighted by Crippen LogP contribution is -2.47. The van der Waals surface area contributed by atoms with Gasteiger partial charge in [0.15, 0.2) is 0 Å². The Hall–Kier alpha value is -2.92. The number of allylic oxidation sites excluding steroid dienone is 3. The molecule has 5 heteroatoms. The zero-order valence-corrected chi connectivity index (χ0v) is 16.4. The highest BCUT2D eigenvalue weighted by Crippen LogP contribution is 2.26. The minimum Gasteiger partial charge on any atom is -0.367 e. The van der Waals surface area contributed by atoms with Gasteiger partial charge in [0.05, 0.1) is 11.4 Å². The molecule has 146 valence electrons. The van der Waals surface area contributed by atoms with Crippen LogP contribution in [0.3, 0.4) is 0 Å². The Kier molecular flexibility index (Phi) is 7.38. The number of para-hydroxylation sites is 2. The summed E-state index contributed by atoms with van der Waals surface area (Å²) >= 11 is 0. The van der Waals surface area contributed by atoms with E-state index in [0.29, 0.717) is 0 Å². The molecule has 1 fully saturated rings. The third kappa shape index (κ3) is 5.79. The number of piperazine rings is 1. The monoisotopic (exact) mass is 376 g/mol. The fraction of sp³-hybridized carbons (Fsp3) is 0.304. The zero-order valence-electron chi connectivity index (χ0n) is 16.4. The number of hydrogen-bond donors (Lipinski definition) is 1. The average Bonchev–Trinajstić information content (AvgIpc) is 2.74. The molecule has 1 aliphatic heterocycles. The van der Waals surface area contributed by atoms with E-state index in [4.69, 9.17) is 0 Å². The Morgan fingerprint density at radius 2 is 1.82 bits per heavy atom. The van der Waals surface area contributed by atoms with E-state index in [2.05, 4.69) is 38.3 Å². The molecule has 28 heavy (non-hydrogen) atoms. The van der Waals surface area contributed by atoms with Gasteiger partial charge < -0.3 is 10.2 Å². The Bertz CT molecular complexity index is 808. The third-order valence-electron chi connectivity index (χ3n) is 4.89. The van der Waals surface area contributed by atoms with Gasteiger partial charge in [0, 0.05) is 51.2 Å². The van der Waals surface area contributed by atoms with Crippen molar-refractivity contribution in [3.05, 3.63) is 78.7 Å². The number of rotatable bonds is 7. The summed E-state index contributed by atoms with van der Waals surface area (Å²) in [6.45, 7) is 6.94. The first-order chi connectivity index (χ1) is 13.8. The lowest BCUT2D eigenvalue weighted by Gasteiger charge is -2.37. The molecular formula is C23H28N4O. The summed E-state index contributed by atoms with van der Waals surface area (Å²) in [5.41, 5.74) is 3.28. The summed E-state index contributed by atoms with van der Waals surface area (Å²) in [4.78, 5) is 21.1. The highest BCUT2D eigenvalue weighted by molar-refractivity contribution is 6.01. The molecule has 5 nitrogen and oxygen atoms in total. The lowest BCUT2D eigenvalue weighted by molar-refractivity contribution is -0.111. The second-order valence-electron chi connectivity index (χ2n) is 6.83. The molecule has 0 atom stereocenters. The van der Waals surface area contributed by atoms with E-state index in [-0.39, 0.29) is 5.91 Å². The molecule has 1 amide bonds. The summed E-state index contributed by atoms with van der Waals surface area (Å²) in [7, 11) is 0. The quantitative estimate of drug-likeness (QED) is 0.593. The maximum atomic E-state index is 12.1. The lowest BCUT2D eigenvalue weighted by atomic mass is 10.1. The predicted molar refractivity (Wildman–Crippen MR) is 116 cm³/mol. The minimum absolute atomic E-state index is 0.110. The van der Waals surface area contributed by atoms with Crippen LogP contribution in [0.15, 0.2) is 73.1 Å². The first kappa shape index (κ1) is 19.8. The number of nitrogens with one attached hydrogen (secondary N) is 1. The van der Waals surface area contributed by atoms with Crippen LogP contribution in [-0.2, 0) is 11.2 Å². The number of amides is 1. The second kappa shape index (κ2) is 10.4. The fourth-order valence-electron chi connectivity index (χ4n) is 3.33. The number of carbonyl (C=O) groups excluding carboxylic acids is 1. The van der Waals surface area contributed by atoms with Gasteiger partial charge in [-0.05, 0) is 43.2 Å². The molecule has 0 bridgehead atoms. The first-order valence-corrected chi connectivity index (χ1v) is 9.82. The van der Waals surface area contributed by atoms with E-state index in [1.165, 1.54) is 5.56 Å². The van der Waals surface area contributed by atoms with Gasteiger partial charge in [0.25, 0.3) is 0 Å². The number of anilines is 2. The largest absolute Gasteiger partial charge is 0.367 e. The number of benzene rings is 1. The normalized spacial score (nSPS) is 15.4. The fourth-order valence-corrected chi connectivity index (χ4v) is 3.33. The standard InChI is InChI=1S/C23H28N4O/c1-2-3-4-9-23(28)25-21-7-5-6-8-22(21)27-18-16-26(17-19-27)15-12-20-10-13-24-14-11-20/h2-11,13-14H,12,15-19H2,1H3,(H,25,28)/b3-2+,9-4+. The predicted octanol–water partition coefficient (Wildman–Crippen LogP) is 3.52. The van der Waals surface area contributed by atoms with E-state index < -0.39 is 0 Å². The third-order valence-corrected chi connectivity index (χ3v) is 4.89. The van der Waals surface area contributed by atoms with Crippen molar-refractivity contribution in [1.29, 1.82) is 0 Å². The summed E-state index contributed by atoms with van der Waals surface area (Å²) in [6, 6.07) is 12.2.